The minimum atomic E-state index is -0.394. The lowest BCUT2D eigenvalue weighted by atomic mass is 10.1. The quantitative estimate of drug-likeness (QED) is 0.252. The number of hydrogen-bond acceptors (Lipinski definition) is 4. The van der Waals surface area contributed by atoms with Gasteiger partial charge in [-0.15, -0.1) is 0 Å². The van der Waals surface area contributed by atoms with E-state index in [1.807, 2.05) is 42.5 Å². The maximum atomic E-state index is 11.3. The molecule has 30 heavy (non-hydrogen) atoms. The zero-order chi connectivity index (χ0) is 21.0. The van der Waals surface area contributed by atoms with Gasteiger partial charge in [0.2, 0.25) is 0 Å². The molecule has 0 bridgehead atoms. The normalized spacial score (nSPS) is 10.7. The summed E-state index contributed by atoms with van der Waals surface area (Å²) in [6, 6.07) is 25.3. The Hall–Kier alpha value is -3.18. The Balaban J connectivity index is 1.43. The van der Waals surface area contributed by atoms with Crippen molar-refractivity contribution in [1.82, 2.24) is 5.32 Å². The van der Waals surface area contributed by atoms with Crippen LogP contribution in [0.15, 0.2) is 78.9 Å². The summed E-state index contributed by atoms with van der Waals surface area (Å²) in [7, 11) is 0. The van der Waals surface area contributed by atoms with Crippen LogP contribution in [0.4, 0.5) is 5.69 Å². The summed E-state index contributed by atoms with van der Waals surface area (Å²) in [6.45, 7) is 2.11. The molecule has 0 aliphatic carbocycles. The summed E-state index contributed by atoms with van der Waals surface area (Å²) in [5, 5.41) is 14.8. The van der Waals surface area contributed by atoms with Crippen LogP contribution in [0.1, 0.15) is 29.5 Å². The predicted octanol–water partition coefficient (Wildman–Crippen LogP) is 5.33. The molecule has 0 spiro atoms. The molecule has 0 heterocycles. The third kappa shape index (κ3) is 7.01. The van der Waals surface area contributed by atoms with Gasteiger partial charge in [-0.2, -0.15) is 0 Å². The maximum Gasteiger partial charge on any atom is 0.310 e. The molecule has 156 valence electrons. The van der Waals surface area contributed by atoms with Gasteiger partial charge in [-0.3, -0.25) is 10.1 Å². The van der Waals surface area contributed by atoms with Crippen LogP contribution in [0, 0.1) is 10.1 Å². The van der Waals surface area contributed by atoms with Crippen molar-refractivity contribution in [2.75, 3.05) is 13.1 Å². The second-order valence-electron chi connectivity index (χ2n) is 7.28. The summed E-state index contributed by atoms with van der Waals surface area (Å²) in [4.78, 5) is 10.9. The molecule has 3 aromatic rings. The summed E-state index contributed by atoms with van der Waals surface area (Å²) < 4.78 is 5.76. The van der Waals surface area contributed by atoms with Gasteiger partial charge >= 0.3 is 5.69 Å². The average Bonchev–Trinajstić information content (AvgIpc) is 2.78. The van der Waals surface area contributed by atoms with Crippen LogP contribution in [-0.2, 0) is 19.4 Å². The number of ether oxygens (including phenoxy) is 1. The number of unbranched alkanes of at least 4 members (excludes halogenated alkanes) is 1. The van der Waals surface area contributed by atoms with Crippen molar-refractivity contribution in [1.29, 1.82) is 0 Å². The zero-order valence-electron chi connectivity index (χ0n) is 17.1. The molecule has 0 atom stereocenters. The number of aryl methyl sites for hydroxylation is 1. The molecule has 3 rings (SSSR count). The van der Waals surface area contributed by atoms with E-state index in [0.29, 0.717) is 12.4 Å². The fourth-order valence-electron chi connectivity index (χ4n) is 3.30. The number of benzene rings is 3. The number of nitrogens with zero attached hydrogens (tertiary/aromatic N) is 1. The topological polar surface area (TPSA) is 64.4 Å². The number of nitrogens with one attached hydrogen (secondary N) is 1. The van der Waals surface area contributed by atoms with E-state index in [1.165, 1.54) is 11.6 Å². The van der Waals surface area contributed by atoms with Gasteiger partial charge in [0.25, 0.3) is 0 Å². The first kappa shape index (κ1) is 21.5. The van der Waals surface area contributed by atoms with Crippen LogP contribution in [0.3, 0.4) is 0 Å². The minimum absolute atomic E-state index is 0.00329. The lowest BCUT2D eigenvalue weighted by Crippen LogP contribution is -2.18. The van der Waals surface area contributed by atoms with E-state index in [1.54, 1.807) is 6.07 Å². The second kappa shape index (κ2) is 11.7. The van der Waals surface area contributed by atoms with Crippen molar-refractivity contribution < 1.29 is 9.66 Å². The lowest BCUT2D eigenvalue weighted by Gasteiger charge is -2.10. The van der Waals surface area contributed by atoms with Crippen LogP contribution in [0.5, 0.6) is 5.75 Å². The Kier molecular flexibility index (Phi) is 8.42. The number of nitro groups is 1. The zero-order valence-corrected chi connectivity index (χ0v) is 17.1. The summed E-state index contributed by atoms with van der Waals surface area (Å²) in [5.41, 5.74) is 3.39. The van der Waals surface area contributed by atoms with Gasteiger partial charge in [0, 0.05) is 6.07 Å². The highest BCUT2D eigenvalue weighted by Crippen LogP contribution is 2.29. The van der Waals surface area contributed by atoms with Crippen molar-refractivity contribution in [2.24, 2.45) is 0 Å². The molecule has 0 fully saturated rings. The van der Waals surface area contributed by atoms with Gasteiger partial charge in [0.05, 0.1) is 4.92 Å². The van der Waals surface area contributed by atoms with Crippen molar-refractivity contribution >= 4 is 5.69 Å². The van der Waals surface area contributed by atoms with Crippen LogP contribution >= 0.6 is 0 Å². The van der Waals surface area contributed by atoms with E-state index in [-0.39, 0.29) is 5.69 Å². The molecule has 0 radical (unpaired) electrons. The first-order chi connectivity index (χ1) is 14.7. The van der Waals surface area contributed by atoms with E-state index < -0.39 is 4.92 Å². The number of rotatable bonds is 12. The molecule has 1 N–H and O–H groups in total. The maximum absolute atomic E-state index is 11.3. The third-order valence-corrected chi connectivity index (χ3v) is 4.96. The van der Waals surface area contributed by atoms with Crippen LogP contribution < -0.4 is 10.1 Å². The Labute approximate surface area is 177 Å². The average molecular weight is 405 g/mol. The summed E-state index contributed by atoms with van der Waals surface area (Å²) in [5.74, 6) is 0.323. The minimum Gasteiger partial charge on any atom is -0.482 e. The monoisotopic (exact) mass is 404 g/mol. The predicted molar refractivity (Wildman–Crippen MR) is 120 cm³/mol. The third-order valence-electron chi connectivity index (χ3n) is 4.96. The Bertz CT molecular complexity index is 914. The van der Waals surface area contributed by atoms with Crippen molar-refractivity contribution in [2.45, 2.75) is 32.3 Å². The molecule has 3 aromatic carbocycles. The fraction of sp³-hybridized carbons (Fsp3) is 0.280. The van der Waals surface area contributed by atoms with E-state index in [2.05, 4.69) is 29.6 Å². The second-order valence-corrected chi connectivity index (χ2v) is 7.28. The smallest absolute Gasteiger partial charge is 0.310 e. The van der Waals surface area contributed by atoms with E-state index in [4.69, 9.17) is 4.74 Å². The first-order valence-corrected chi connectivity index (χ1v) is 10.4. The van der Waals surface area contributed by atoms with E-state index >= 15 is 0 Å². The summed E-state index contributed by atoms with van der Waals surface area (Å²) in [6.07, 6.45) is 4.19. The van der Waals surface area contributed by atoms with Gasteiger partial charge in [-0.25, -0.2) is 0 Å². The fourth-order valence-corrected chi connectivity index (χ4v) is 3.30. The lowest BCUT2D eigenvalue weighted by molar-refractivity contribution is -0.386. The van der Waals surface area contributed by atoms with E-state index in [0.717, 1.165) is 49.9 Å². The highest BCUT2D eigenvalue weighted by atomic mass is 16.6. The van der Waals surface area contributed by atoms with Gasteiger partial charge in [-0.05, 0) is 61.5 Å². The largest absolute Gasteiger partial charge is 0.482 e. The van der Waals surface area contributed by atoms with Gasteiger partial charge < -0.3 is 10.1 Å². The van der Waals surface area contributed by atoms with Crippen LogP contribution in [0.25, 0.3) is 0 Å². The van der Waals surface area contributed by atoms with E-state index in [9.17, 15) is 10.1 Å². The highest BCUT2D eigenvalue weighted by Gasteiger charge is 2.15. The molecule has 5 heteroatoms. The SMILES string of the molecule is O=[N+]([O-])c1ccc(CCNCCCCc2ccccc2)cc1OCc1ccccc1. The highest BCUT2D eigenvalue weighted by molar-refractivity contribution is 5.48. The molecule has 5 nitrogen and oxygen atoms in total. The Morgan fingerprint density at radius 1 is 0.767 bits per heavy atom. The molecular formula is C25H28N2O3. The van der Waals surface area contributed by atoms with Crippen molar-refractivity contribution in [3.63, 3.8) is 0 Å². The molecular weight excluding hydrogens is 376 g/mol. The van der Waals surface area contributed by atoms with Gasteiger partial charge in [-0.1, -0.05) is 66.7 Å². The summed E-state index contributed by atoms with van der Waals surface area (Å²) >= 11 is 0. The van der Waals surface area contributed by atoms with Crippen molar-refractivity contribution in [3.05, 3.63) is 106 Å². The molecule has 0 aliphatic rings. The Morgan fingerprint density at radius 3 is 2.17 bits per heavy atom. The van der Waals surface area contributed by atoms with Crippen molar-refractivity contribution in [3.8, 4) is 5.75 Å². The standard InChI is InChI=1S/C25H28N2O3/c28-27(29)24-15-14-22(19-25(24)30-20-23-12-5-2-6-13-23)16-18-26-17-8-7-11-21-9-3-1-4-10-21/h1-6,9-10,12-15,19,26H,7-8,11,16-18,20H2. The molecule has 0 aromatic heterocycles. The number of nitro benzene ring substituents is 1. The number of hydrogen-bond donors (Lipinski definition) is 1. The van der Waals surface area contributed by atoms with Crippen LogP contribution in [-0.4, -0.2) is 18.0 Å². The first-order valence-electron chi connectivity index (χ1n) is 10.4. The molecule has 0 unspecified atom stereocenters. The molecule has 0 saturated heterocycles. The molecule has 0 saturated carbocycles. The van der Waals surface area contributed by atoms with Crippen LogP contribution in [0.2, 0.25) is 0 Å². The molecule has 0 amide bonds. The Morgan fingerprint density at radius 2 is 1.47 bits per heavy atom. The van der Waals surface area contributed by atoms with Gasteiger partial charge in [0.15, 0.2) is 5.75 Å². The molecule has 0 aliphatic heterocycles. The van der Waals surface area contributed by atoms with Gasteiger partial charge in [0.1, 0.15) is 6.61 Å².